The van der Waals surface area contributed by atoms with E-state index in [1.54, 1.807) is 12.1 Å². The van der Waals surface area contributed by atoms with Crippen molar-refractivity contribution in [3.05, 3.63) is 52.7 Å². The van der Waals surface area contributed by atoms with Crippen LogP contribution in [0.15, 0.2) is 28.8 Å². The van der Waals surface area contributed by atoms with E-state index in [0.29, 0.717) is 24.7 Å². The molecule has 0 atom stereocenters. The second-order valence-electron chi connectivity index (χ2n) is 6.12. The van der Waals surface area contributed by atoms with Crippen molar-refractivity contribution in [2.24, 2.45) is 0 Å². The van der Waals surface area contributed by atoms with Crippen molar-refractivity contribution in [2.45, 2.75) is 37.7 Å². The zero-order valence-electron chi connectivity index (χ0n) is 12.8. The maximum absolute atomic E-state index is 12.2. The van der Waals surface area contributed by atoms with Crippen molar-refractivity contribution in [3.63, 3.8) is 0 Å². The molecule has 0 unspecified atom stereocenters. The summed E-state index contributed by atoms with van der Waals surface area (Å²) in [5, 5.41) is 0. The average Bonchev–Trinajstić information content (AvgIpc) is 3.08. The molecule has 0 saturated heterocycles. The number of benzene rings is 1. The first-order valence-corrected chi connectivity index (χ1v) is 9.34. The summed E-state index contributed by atoms with van der Waals surface area (Å²) in [4.78, 5) is 16.1. The van der Waals surface area contributed by atoms with Gasteiger partial charge in [0.15, 0.2) is 5.89 Å². The first-order valence-electron chi connectivity index (χ1n) is 7.69. The Morgan fingerprint density at radius 2 is 2.04 bits per heavy atom. The van der Waals surface area contributed by atoms with Gasteiger partial charge in [-0.15, -0.1) is 0 Å². The Hall–Kier alpha value is -2.19. The van der Waals surface area contributed by atoms with Crippen LogP contribution >= 0.6 is 0 Å². The molecule has 2 heterocycles. The first kappa shape index (κ1) is 15.3. The van der Waals surface area contributed by atoms with Crippen LogP contribution in [0.4, 0.5) is 0 Å². The molecule has 1 aliphatic heterocycles. The Morgan fingerprint density at radius 3 is 2.83 bits per heavy atom. The molecule has 0 spiro atoms. The van der Waals surface area contributed by atoms with Crippen LogP contribution in [0.25, 0.3) is 0 Å². The molecule has 1 aromatic carbocycles. The summed E-state index contributed by atoms with van der Waals surface area (Å²) in [5.41, 5.74) is 2.66. The van der Waals surface area contributed by atoms with E-state index in [4.69, 9.17) is 9.15 Å². The van der Waals surface area contributed by atoms with Crippen LogP contribution in [0.5, 0.6) is 0 Å². The lowest BCUT2D eigenvalue weighted by molar-refractivity contribution is 0.0952. The quantitative estimate of drug-likeness (QED) is 0.885. The van der Waals surface area contributed by atoms with Gasteiger partial charge < -0.3 is 9.15 Å². The van der Waals surface area contributed by atoms with Gasteiger partial charge in [-0.2, -0.15) is 0 Å². The molecule has 1 N–H and O–H groups in total. The number of ether oxygens (including phenoxy) is 1. The zero-order valence-corrected chi connectivity index (χ0v) is 13.6. The summed E-state index contributed by atoms with van der Waals surface area (Å²) in [6, 6.07) is 5.38. The summed E-state index contributed by atoms with van der Waals surface area (Å²) in [5.74, 6) is -0.398. The number of fused-ring (bicyclic) bond motifs is 1. The summed E-state index contributed by atoms with van der Waals surface area (Å²) in [7, 11) is -3.82. The van der Waals surface area contributed by atoms with Crippen LogP contribution in [0.1, 0.15) is 51.9 Å². The van der Waals surface area contributed by atoms with E-state index in [9.17, 15) is 13.2 Å². The van der Waals surface area contributed by atoms with Gasteiger partial charge in [0.05, 0.1) is 25.2 Å². The topological polar surface area (TPSA) is 98.5 Å². The molecule has 1 fully saturated rings. The van der Waals surface area contributed by atoms with Crippen LogP contribution in [0, 0.1) is 0 Å². The van der Waals surface area contributed by atoms with Crippen LogP contribution < -0.4 is 4.72 Å². The number of aromatic nitrogens is 1. The second kappa shape index (κ2) is 5.71. The van der Waals surface area contributed by atoms with Gasteiger partial charge in [-0.3, -0.25) is 4.79 Å². The predicted octanol–water partition coefficient (Wildman–Crippen LogP) is 1.84. The molecule has 0 radical (unpaired) electrons. The summed E-state index contributed by atoms with van der Waals surface area (Å²) < 4.78 is 37.1. The van der Waals surface area contributed by atoms with Crippen molar-refractivity contribution < 1.29 is 22.4 Å². The molecule has 2 aromatic rings. The molecule has 0 bridgehead atoms. The lowest BCUT2D eigenvalue weighted by Gasteiger charge is -2.07. The van der Waals surface area contributed by atoms with E-state index in [1.165, 1.54) is 6.20 Å². The van der Waals surface area contributed by atoms with Gasteiger partial charge in [0, 0.05) is 5.92 Å². The standard InChI is InChI=1S/C16H16N2O5S/c19-15(14-6-17-16(23-14)11-3-4-11)18-24(20,21)9-10-1-2-12-7-22-8-13(12)5-10/h1-2,5-6,11H,3-4,7-9H2,(H,18,19). The predicted molar refractivity (Wildman–Crippen MR) is 83.5 cm³/mol. The number of hydrogen-bond donors (Lipinski definition) is 1. The van der Waals surface area contributed by atoms with Gasteiger partial charge in [-0.25, -0.2) is 18.1 Å². The normalized spacial score (nSPS) is 16.8. The molecule has 1 aliphatic carbocycles. The largest absolute Gasteiger partial charge is 0.435 e. The molecule has 8 heteroatoms. The maximum Gasteiger partial charge on any atom is 0.302 e. The molecule has 4 rings (SSSR count). The third-order valence-corrected chi connectivity index (χ3v) is 5.27. The minimum atomic E-state index is -3.82. The zero-order chi connectivity index (χ0) is 16.7. The summed E-state index contributed by atoms with van der Waals surface area (Å²) in [6.07, 6.45) is 3.25. The van der Waals surface area contributed by atoms with E-state index >= 15 is 0 Å². The van der Waals surface area contributed by atoms with Crippen LogP contribution in [0.2, 0.25) is 0 Å². The number of rotatable bonds is 5. The summed E-state index contributed by atoms with van der Waals surface area (Å²) in [6.45, 7) is 1.03. The van der Waals surface area contributed by atoms with Crippen LogP contribution in [-0.4, -0.2) is 19.3 Å². The van der Waals surface area contributed by atoms with Crippen molar-refractivity contribution in [2.75, 3.05) is 0 Å². The second-order valence-corrected chi connectivity index (χ2v) is 7.85. The fraction of sp³-hybridized carbons (Fsp3) is 0.375. The lowest BCUT2D eigenvalue weighted by Crippen LogP contribution is -2.31. The van der Waals surface area contributed by atoms with Gasteiger partial charge >= 0.3 is 5.91 Å². The van der Waals surface area contributed by atoms with E-state index in [0.717, 1.165) is 24.0 Å². The van der Waals surface area contributed by atoms with E-state index in [2.05, 4.69) is 4.98 Å². The minimum Gasteiger partial charge on any atom is -0.435 e. The number of hydrogen-bond acceptors (Lipinski definition) is 6. The number of nitrogens with zero attached hydrogens (tertiary/aromatic N) is 1. The Kier molecular flexibility index (Phi) is 3.65. The average molecular weight is 348 g/mol. The molecular formula is C16H16N2O5S. The molecule has 1 amide bonds. The highest BCUT2D eigenvalue weighted by Crippen LogP contribution is 2.39. The van der Waals surface area contributed by atoms with Crippen molar-refractivity contribution >= 4 is 15.9 Å². The fourth-order valence-corrected chi connectivity index (χ4v) is 3.75. The molecule has 1 aromatic heterocycles. The third-order valence-electron chi connectivity index (χ3n) is 4.06. The highest BCUT2D eigenvalue weighted by Gasteiger charge is 2.30. The van der Waals surface area contributed by atoms with Crippen LogP contribution in [-0.2, 0) is 33.7 Å². The SMILES string of the molecule is O=C(NS(=O)(=O)Cc1ccc2c(c1)COC2)c1cnc(C2CC2)o1. The number of oxazole rings is 1. The van der Waals surface area contributed by atoms with Crippen molar-refractivity contribution in [1.82, 2.24) is 9.71 Å². The Labute approximate surface area is 139 Å². The van der Waals surface area contributed by atoms with E-state index in [1.807, 2.05) is 10.8 Å². The Bertz CT molecular complexity index is 899. The van der Waals surface area contributed by atoms with Gasteiger partial charge in [0.1, 0.15) is 0 Å². The highest BCUT2D eigenvalue weighted by atomic mass is 32.2. The lowest BCUT2D eigenvalue weighted by atomic mass is 10.1. The monoisotopic (exact) mass is 348 g/mol. The van der Waals surface area contributed by atoms with Gasteiger partial charge in [-0.05, 0) is 29.5 Å². The van der Waals surface area contributed by atoms with E-state index < -0.39 is 15.9 Å². The van der Waals surface area contributed by atoms with Crippen molar-refractivity contribution in [1.29, 1.82) is 0 Å². The fourth-order valence-electron chi connectivity index (χ4n) is 2.67. The highest BCUT2D eigenvalue weighted by molar-refractivity contribution is 7.89. The van der Waals surface area contributed by atoms with Gasteiger partial charge in [0.25, 0.3) is 0 Å². The molecule has 1 saturated carbocycles. The number of amides is 1. The number of nitrogens with one attached hydrogen (secondary N) is 1. The molecule has 7 nitrogen and oxygen atoms in total. The van der Waals surface area contributed by atoms with Crippen LogP contribution in [0.3, 0.4) is 0 Å². The number of carbonyl (C=O) groups is 1. The number of sulfonamides is 1. The third kappa shape index (κ3) is 3.20. The smallest absolute Gasteiger partial charge is 0.302 e. The Balaban J connectivity index is 1.45. The number of carbonyl (C=O) groups excluding carboxylic acids is 1. The Morgan fingerprint density at radius 1 is 1.25 bits per heavy atom. The molecule has 2 aliphatic rings. The maximum atomic E-state index is 12.2. The molecule has 126 valence electrons. The van der Waals surface area contributed by atoms with Gasteiger partial charge in [-0.1, -0.05) is 18.2 Å². The minimum absolute atomic E-state index is 0.0807. The molecular weight excluding hydrogens is 332 g/mol. The first-order chi connectivity index (χ1) is 11.5. The molecule has 24 heavy (non-hydrogen) atoms. The van der Waals surface area contributed by atoms with Gasteiger partial charge in [0.2, 0.25) is 15.8 Å². The summed E-state index contributed by atoms with van der Waals surface area (Å²) >= 11 is 0. The van der Waals surface area contributed by atoms with E-state index in [-0.39, 0.29) is 17.4 Å². The van der Waals surface area contributed by atoms with Crippen molar-refractivity contribution in [3.8, 4) is 0 Å².